The summed E-state index contributed by atoms with van der Waals surface area (Å²) in [6.07, 6.45) is 3.51. The van der Waals surface area contributed by atoms with Gasteiger partial charge in [0.1, 0.15) is 0 Å². The highest BCUT2D eigenvalue weighted by Gasteiger charge is 2.17. The van der Waals surface area contributed by atoms with Gasteiger partial charge in [-0.15, -0.1) is 0 Å². The van der Waals surface area contributed by atoms with Gasteiger partial charge in [-0.25, -0.2) is 4.79 Å². The van der Waals surface area contributed by atoms with Gasteiger partial charge in [0.15, 0.2) is 0 Å². The summed E-state index contributed by atoms with van der Waals surface area (Å²) in [5.74, 6) is 0. The molecule has 0 radical (unpaired) electrons. The molecule has 1 unspecified atom stereocenters. The van der Waals surface area contributed by atoms with E-state index in [0.717, 1.165) is 22.0 Å². The average molecular weight is 305 g/mol. The van der Waals surface area contributed by atoms with Gasteiger partial charge in [0.2, 0.25) is 0 Å². The minimum Gasteiger partial charge on any atom is -0.321 e. The number of rotatable bonds is 3. The lowest BCUT2D eigenvalue weighted by Crippen LogP contribution is -2.33. The fraction of sp³-hybridized carbons (Fsp3) is 0.158. The Bertz CT molecular complexity index is 817. The highest BCUT2D eigenvalue weighted by molar-refractivity contribution is 5.93. The Morgan fingerprint density at radius 2 is 1.87 bits per heavy atom. The number of hydrogen-bond donors (Lipinski definition) is 1. The van der Waals surface area contributed by atoms with Gasteiger partial charge in [-0.2, -0.15) is 0 Å². The van der Waals surface area contributed by atoms with Gasteiger partial charge in [-0.05, 0) is 41.5 Å². The van der Waals surface area contributed by atoms with Crippen molar-refractivity contribution in [2.45, 2.75) is 13.0 Å². The minimum atomic E-state index is -0.142. The zero-order valence-corrected chi connectivity index (χ0v) is 13.2. The van der Waals surface area contributed by atoms with Crippen molar-refractivity contribution in [1.82, 2.24) is 9.88 Å². The van der Waals surface area contributed by atoms with Gasteiger partial charge in [0.25, 0.3) is 0 Å². The van der Waals surface area contributed by atoms with E-state index in [2.05, 4.69) is 16.4 Å². The monoisotopic (exact) mass is 305 g/mol. The zero-order chi connectivity index (χ0) is 16.2. The molecule has 0 aliphatic heterocycles. The number of pyridine rings is 1. The summed E-state index contributed by atoms with van der Waals surface area (Å²) in [4.78, 5) is 18.2. The van der Waals surface area contributed by atoms with Gasteiger partial charge in [0, 0.05) is 25.1 Å². The topological polar surface area (TPSA) is 45.2 Å². The maximum absolute atomic E-state index is 12.5. The highest BCUT2D eigenvalue weighted by atomic mass is 16.2. The molecule has 0 aliphatic carbocycles. The Morgan fingerprint density at radius 1 is 1.09 bits per heavy atom. The standard InChI is InChI=1S/C19H19N3O/c1-14(17-8-5-11-20-13-17)22(2)19(23)21-18-10-9-15-6-3-4-7-16(15)12-18/h3-14H,1-2H3,(H,21,23). The van der Waals surface area contributed by atoms with Crippen LogP contribution in [0.15, 0.2) is 67.0 Å². The molecule has 1 aromatic heterocycles. The Balaban J connectivity index is 1.74. The normalized spacial score (nSPS) is 11.9. The Labute approximate surface area is 135 Å². The molecular weight excluding hydrogens is 286 g/mol. The van der Waals surface area contributed by atoms with Crippen LogP contribution in [0, 0.1) is 0 Å². The van der Waals surface area contributed by atoms with Crippen molar-refractivity contribution < 1.29 is 4.79 Å². The van der Waals surface area contributed by atoms with E-state index in [1.54, 1.807) is 24.3 Å². The number of carbonyl (C=O) groups is 1. The molecule has 4 heteroatoms. The third-order valence-corrected chi connectivity index (χ3v) is 4.07. The van der Waals surface area contributed by atoms with E-state index < -0.39 is 0 Å². The van der Waals surface area contributed by atoms with E-state index in [0.29, 0.717) is 0 Å². The molecule has 4 nitrogen and oxygen atoms in total. The first-order valence-corrected chi connectivity index (χ1v) is 7.57. The van der Waals surface area contributed by atoms with E-state index in [1.807, 2.05) is 55.5 Å². The van der Waals surface area contributed by atoms with Crippen LogP contribution >= 0.6 is 0 Å². The predicted octanol–water partition coefficient (Wildman–Crippen LogP) is 4.46. The van der Waals surface area contributed by atoms with Crippen LogP contribution in [0.4, 0.5) is 10.5 Å². The number of aromatic nitrogens is 1. The highest BCUT2D eigenvalue weighted by Crippen LogP contribution is 2.21. The molecular formula is C19H19N3O. The summed E-state index contributed by atoms with van der Waals surface area (Å²) >= 11 is 0. The number of hydrogen-bond acceptors (Lipinski definition) is 2. The van der Waals surface area contributed by atoms with E-state index in [9.17, 15) is 4.79 Å². The molecule has 0 fully saturated rings. The molecule has 23 heavy (non-hydrogen) atoms. The first-order chi connectivity index (χ1) is 11.1. The molecule has 3 aromatic rings. The van der Waals surface area contributed by atoms with Crippen LogP contribution in [0.3, 0.4) is 0 Å². The number of anilines is 1. The van der Waals surface area contributed by atoms with Crippen molar-refractivity contribution >= 4 is 22.5 Å². The lowest BCUT2D eigenvalue weighted by molar-refractivity contribution is 0.208. The van der Waals surface area contributed by atoms with Crippen LogP contribution in [0.5, 0.6) is 0 Å². The number of nitrogens with zero attached hydrogens (tertiary/aromatic N) is 2. The first kappa shape index (κ1) is 15.0. The maximum atomic E-state index is 12.5. The maximum Gasteiger partial charge on any atom is 0.322 e. The molecule has 116 valence electrons. The van der Waals surface area contributed by atoms with Crippen molar-refractivity contribution in [1.29, 1.82) is 0 Å². The van der Waals surface area contributed by atoms with Gasteiger partial charge >= 0.3 is 6.03 Å². The number of nitrogens with one attached hydrogen (secondary N) is 1. The number of fused-ring (bicyclic) bond motifs is 1. The molecule has 1 heterocycles. The van der Waals surface area contributed by atoms with Crippen molar-refractivity contribution in [3.8, 4) is 0 Å². The van der Waals surface area contributed by atoms with Gasteiger partial charge in [-0.1, -0.05) is 36.4 Å². The van der Waals surface area contributed by atoms with Crippen molar-refractivity contribution in [2.24, 2.45) is 0 Å². The minimum absolute atomic E-state index is 0.0517. The van der Waals surface area contributed by atoms with Crippen LogP contribution in [0.25, 0.3) is 10.8 Å². The van der Waals surface area contributed by atoms with Crippen molar-refractivity contribution in [3.05, 3.63) is 72.6 Å². The second-order valence-corrected chi connectivity index (χ2v) is 5.57. The zero-order valence-electron chi connectivity index (χ0n) is 13.2. The van der Waals surface area contributed by atoms with Gasteiger partial charge in [-0.3, -0.25) is 4.98 Å². The lowest BCUT2D eigenvalue weighted by atomic mass is 10.1. The lowest BCUT2D eigenvalue weighted by Gasteiger charge is -2.25. The molecule has 2 aromatic carbocycles. The van der Waals surface area contributed by atoms with Gasteiger partial charge < -0.3 is 10.2 Å². The summed E-state index contributed by atoms with van der Waals surface area (Å²) in [5.41, 5.74) is 1.79. The first-order valence-electron chi connectivity index (χ1n) is 7.57. The smallest absolute Gasteiger partial charge is 0.321 e. The second-order valence-electron chi connectivity index (χ2n) is 5.57. The fourth-order valence-corrected chi connectivity index (χ4v) is 2.50. The van der Waals surface area contributed by atoms with E-state index >= 15 is 0 Å². The van der Waals surface area contributed by atoms with Gasteiger partial charge in [0.05, 0.1) is 6.04 Å². The SMILES string of the molecule is CC(c1cccnc1)N(C)C(=O)Nc1ccc2ccccc2c1. The van der Waals surface area contributed by atoms with E-state index in [-0.39, 0.29) is 12.1 Å². The van der Waals surface area contributed by atoms with Crippen LogP contribution < -0.4 is 5.32 Å². The molecule has 0 saturated heterocycles. The Hall–Kier alpha value is -2.88. The Morgan fingerprint density at radius 3 is 2.61 bits per heavy atom. The van der Waals surface area contributed by atoms with E-state index in [1.165, 1.54) is 0 Å². The largest absolute Gasteiger partial charge is 0.322 e. The fourth-order valence-electron chi connectivity index (χ4n) is 2.50. The summed E-state index contributed by atoms with van der Waals surface area (Å²) in [6, 6.07) is 17.6. The summed E-state index contributed by atoms with van der Waals surface area (Å²) < 4.78 is 0. The van der Waals surface area contributed by atoms with Crippen LogP contribution in [-0.4, -0.2) is 23.0 Å². The molecule has 3 rings (SSSR count). The molecule has 1 atom stereocenters. The Kier molecular flexibility index (Phi) is 4.24. The molecule has 0 spiro atoms. The molecule has 0 saturated carbocycles. The molecule has 2 amide bonds. The average Bonchev–Trinajstić information content (AvgIpc) is 2.61. The number of urea groups is 1. The van der Waals surface area contributed by atoms with Crippen LogP contribution in [0.1, 0.15) is 18.5 Å². The molecule has 0 aliphatic rings. The van der Waals surface area contributed by atoms with Crippen molar-refractivity contribution in [2.75, 3.05) is 12.4 Å². The second kappa shape index (κ2) is 6.48. The molecule has 0 bridgehead atoms. The molecule has 1 N–H and O–H groups in total. The van der Waals surface area contributed by atoms with Crippen molar-refractivity contribution in [3.63, 3.8) is 0 Å². The van der Waals surface area contributed by atoms with E-state index in [4.69, 9.17) is 0 Å². The quantitative estimate of drug-likeness (QED) is 0.776. The summed E-state index contributed by atoms with van der Waals surface area (Å²) in [6.45, 7) is 1.98. The number of carbonyl (C=O) groups excluding carboxylic acids is 1. The third kappa shape index (κ3) is 3.31. The van der Waals surface area contributed by atoms with Crippen LogP contribution in [0.2, 0.25) is 0 Å². The number of benzene rings is 2. The predicted molar refractivity (Wildman–Crippen MR) is 93.4 cm³/mol. The van der Waals surface area contributed by atoms with Crippen LogP contribution in [-0.2, 0) is 0 Å². The summed E-state index contributed by atoms with van der Waals surface area (Å²) in [5, 5.41) is 5.21. The number of amides is 2. The third-order valence-electron chi connectivity index (χ3n) is 4.07. The summed E-state index contributed by atoms with van der Waals surface area (Å²) in [7, 11) is 1.79.